The van der Waals surface area contributed by atoms with Gasteiger partial charge in [-0.3, -0.25) is 0 Å². The molecular formula is C38H26. The minimum Gasteiger partial charge on any atom is -0.0616 e. The van der Waals surface area contributed by atoms with Gasteiger partial charge in [0.2, 0.25) is 0 Å². The highest BCUT2D eigenvalue weighted by molar-refractivity contribution is 6.33. The lowest BCUT2D eigenvalue weighted by atomic mass is 9.88. The van der Waals surface area contributed by atoms with Crippen LogP contribution in [0.15, 0.2) is 121 Å². The second-order valence-corrected chi connectivity index (χ2v) is 10.7. The van der Waals surface area contributed by atoms with E-state index in [2.05, 4.69) is 135 Å². The van der Waals surface area contributed by atoms with Gasteiger partial charge in [-0.2, -0.15) is 0 Å². The van der Waals surface area contributed by atoms with Gasteiger partial charge in [-0.25, -0.2) is 0 Å². The molecule has 2 aliphatic carbocycles. The van der Waals surface area contributed by atoms with Crippen LogP contribution in [0, 0.1) is 13.8 Å². The molecule has 0 heterocycles. The number of benzene rings is 6. The number of fused-ring (bicyclic) bond motifs is 5. The van der Waals surface area contributed by atoms with Gasteiger partial charge < -0.3 is 0 Å². The first-order valence-electron chi connectivity index (χ1n) is 13.4. The zero-order valence-electron chi connectivity index (χ0n) is 21.5. The van der Waals surface area contributed by atoms with Crippen LogP contribution in [0.1, 0.15) is 22.3 Å². The molecule has 38 heavy (non-hydrogen) atoms. The van der Waals surface area contributed by atoms with Crippen molar-refractivity contribution in [2.45, 2.75) is 13.8 Å². The van der Waals surface area contributed by atoms with E-state index in [1.807, 2.05) is 0 Å². The average molecular weight is 483 g/mol. The van der Waals surface area contributed by atoms with Crippen LogP contribution in [0.4, 0.5) is 0 Å². The van der Waals surface area contributed by atoms with Crippen molar-refractivity contribution in [2.24, 2.45) is 0 Å². The highest BCUT2D eigenvalue weighted by Gasteiger charge is 2.31. The predicted molar refractivity (Wildman–Crippen MR) is 161 cm³/mol. The van der Waals surface area contributed by atoms with Crippen LogP contribution in [0.3, 0.4) is 0 Å². The number of rotatable bonds is 2. The fraction of sp³-hybridized carbons (Fsp3) is 0.0526. The minimum absolute atomic E-state index is 1.28. The SMILES string of the molecule is Cc1ccc2c(c1)=C(c1cccc3ccccc13)C1=c3ccc(C)cc3=C(c3cccc4ccccc34)C=21. The van der Waals surface area contributed by atoms with E-state index >= 15 is 0 Å². The molecule has 0 saturated heterocycles. The van der Waals surface area contributed by atoms with Gasteiger partial charge in [-0.1, -0.05) is 132 Å². The van der Waals surface area contributed by atoms with Crippen molar-refractivity contribution in [2.75, 3.05) is 0 Å². The molecule has 0 nitrogen and oxygen atoms in total. The molecule has 0 N–H and O–H groups in total. The first-order chi connectivity index (χ1) is 18.7. The highest BCUT2D eigenvalue weighted by atomic mass is 14.3. The Kier molecular flexibility index (Phi) is 4.46. The predicted octanol–water partition coefficient (Wildman–Crippen LogP) is 6.04. The third-order valence-electron chi connectivity index (χ3n) is 8.30. The fourth-order valence-corrected chi connectivity index (χ4v) is 6.67. The Morgan fingerprint density at radius 2 is 0.763 bits per heavy atom. The standard InChI is InChI=1S/C38H26/c1-23-17-19-31-33(21-23)35(29-15-7-11-25-9-3-5-13-27(25)29)38-32-20-18-24(2)22-34(32)36(37(31)38)30-16-8-12-26-10-4-6-14-28(26)30/h3-22H,1-2H3. The largest absolute Gasteiger partial charge is 0.0616 e. The molecule has 0 bridgehead atoms. The lowest BCUT2D eigenvalue weighted by molar-refractivity contribution is 1.38. The van der Waals surface area contributed by atoms with E-state index in [0.717, 1.165) is 0 Å². The minimum atomic E-state index is 1.28. The average Bonchev–Trinajstić information content (AvgIpc) is 3.43. The second-order valence-electron chi connectivity index (χ2n) is 10.7. The zero-order valence-corrected chi connectivity index (χ0v) is 21.5. The van der Waals surface area contributed by atoms with Crippen molar-refractivity contribution in [1.29, 1.82) is 0 Å². The van der Waals surface area contributed by atoms with E-state index in [4.69, 9.17) is 0 Å². The maximum Gasteiger partial charge on any atom is -0.000740 e. The van der Waals surface area contributed by atoms with Gasteiger partial charge in [0.05, 0.1) is 0 Å². The molecule has 0 saturated carbocycles. The van der Waals surface area contributed by atoms with Crippen LogP contribution < -0.4 is 20.9 Å². The molecule has 0 atom stereocenters. The summed E-state index contributed by atoms with van der Waals surface area (Å²) in [6, 6.07) is 45.1. The van der Waals surface area contributed by atoms with Crippen LogP contribution in [0.25, 0.3) is 43.8 Å². The quantitative estimate of drug-likeness (QED) is 0.282. The lowest BCUT2D eigenvalue weighted by Crippen LogP contribution is -2.29. The monoisotopic (exact) mass is 482 g/mol. The highest BCUT2D eigenvalue weighted by Crippen LogP contribution is 2.42. The summed E-state index contributed by atoms with van der Waals surface area (Å²) in [4.78, 5) is 0. The van der Waals surface area contributed by atoms with Crippen molar-refractivity contribution in [3.05, 3.63) is 164 Å². The molecule has 0 amide bonds. The van der Waals surface area contributed by atoms with Gasteiger partial charge in [0.25, 0.3) is 0 Å². The lowest BCUT2D eigenvalue weighted by Gasteiger charge is -2.14. The first-order valence-corrected chi connectivity index (χ1v) is 13.4. The Morgan fingerprint density at radius 1 is 0.342 bits per heavy atom. The van der Waals surface area contributed by atoms with Crippen molar-refractivity contribution >= 4 is 43.8 Å². The summed E-state index contributed by atoms with van der Waals surface area (Å²) in [5.41, 5.74) is 10.7. The molecule has 0 aliphatic heterocycles. The molecule has 8 rings (SSSR count). The van der Waals surface area contributed by atoms with E-state index in [0.29, 0.717) is 0 Å². The second kappa shape index (κ2) is 7.91. The van der Waals surface area contributed by atoms with Crippen LogP contribution in [0.2, 0.25) is 0 Å². The van der Waals surface area contributed by atoms with Gasteiger partial charge >= 0.3 is 0 Å². The van der Waals surface area contributed by atoms with E-state index in [-0.39, 0.29) is 0 Å². The van der Waals surface area contributed by atoms with Crippen LogP contribution in [-0.2, 0) is 0 Å². The molecule has 0 radical (unpaired) electrons. The van der Waals surface area contributed by atoms with Crippen molar-refractivity contribution in [1.82, 2.24) is 0 Å². The molecule has 0 aromatic heterocycles. The number of hydrogen-bond acceptors (Lipinski definition) is 0. The Morgan fingerprint density at radius 3 is 1.24 bits per heavy atom. The zero-order chi connectivity index (χ0) is 25.4. The first kappa shape index (κ1) is 21.4. The molecule has 0 spiro atoms. The molecular weight excluding hydrogens is 456 g/mol. The van der Waals surface area contributed by atoms with Crippen LogP contribution >= 0.6 is 0 Å². The molecule has 2 aliphatic rings. The maximum absolute atomic E-state index is 2.39. The summed E-state index contributed by atoms with van der Waals surface area (Å²) < 4.78 is 0. The van der Waals surface area contributed by atoms with Gasteiger partial charge in [0, 0.05) is 0 Å². The summed E-state index contributed by atoms with van der Waals surface area (Å²) in [7, 11) is 0. The topological polar surface area (TPSA) is 0 Å². The van der Waals surface area contributed by atoms with E-state index in [1.165, 1.54) is 87.0 Å². The molecule has 0 fully saturated rings. The normalized spacial score (nSPS) is 13.8. The third-order valence-corrected chi connectivity index (χ3v) is 8.30. The van der Waals surface area contributed by atoms with Crippen molar-refractivity contribution < 1.29 is 0 Å². The molecule has 6 aromatic carbocycles. The third kappa shape index (κ3) is 2.92. The molecule has 0 unspecified atom stereocenters. The Labute approximate surface area is 221 Å². The van der Waals surface area contributed by atoms with E-state index < -0.39 is 0 Å². The summed E-state index contributed by atoms with van der Waals surface area (Å²) in [6.45, 7) is 4.41. The van der Waals surface area contributed by atoms with Crippen molar-refractivity contribution in [3.63, 3.8) is 0 Å². The maximum atomic E-state index is 2.39. The molecule has 0 heteroatoms. The molecule has 6 aromatic rings. The Hall–Kier alpha value is -4.68. The number of hydrogen-bond donors (Lipinski definition) is 0. The van der Waals surface area contributed by atoms with Gasteiger partial charge in [-0.15, -0.1) is 0 Å². The van der Waals surface area contributed by atoms with Crippen molar-refractivity contribution in [3.8, 4) is 0 Å². The Balaban J connectivity index is 1.60. The van der Waals surface area contributed by atoms with Gasteiger partial charge in [-0.05, 0) is 89.7 Å². The van der Waals surface area contributed by atoms with Gasteiger partial charge in [0.15, 0.2) is 0 Å². The van der Waals surface area contributed by atoms with Gasteiger partial charge in [0.1, 0.15) is 0 Å². The molecule has 178 valence electrons. The van der Waals surface area contributed by atoms with E-state index in [9.17, 15) is 0 Å². The summed E-state index contributed by atoms with van der Waals surface area (Å²) in [6.07, 6.45) is 0. The van der Waals surface area contributed by atoms with Crippen LogP contribution in [-0.4, -0.2) is 0 Å². The van der Waals surface area contributed by atoms with Crippen LogP contribution in [0.5, 0.6) is 0 Å². The summed E-state index contributed by atoms with van der Waals surface area (Å²) in [5.74, 6) is 0. The fourth-order valence-electron chi connectivity index (χ4n) is 6.67. The summed E-state index contributed by atoms with van der Waals surface area (Å²) in [5, 5.41) is 10.5. The van der Waals surface area contributed by atoms with E-state index in [1.54, 1.807) is 0 Å². The summed E-state index contributed by atoms with van der Waals surface area (Å²) >= 11 is 0. The Bertz CT molecular complexity index is 2070. The number of aryl methyl sites for hydroxylation is 2. The smallest absolute Gasteiger partial charge is 0.000740 e.